The van der Waals surface area contributed by atoms with Crippen molar-refractivity contribution in [1.82, 2.24) is 15.6 Å². The first kappa shape index (κ1) is 15.3. The Morgan fingerprint density at radius 3 is 2.57 bits per heavy atom. The van der Waals surface area contributed by atoms with E-state index in [1.807, 2.05) is 12.1 Å². The zero-order chi connectivity index (χ0) is 15.2. The van der Waals surface area contributed by atoms with Crippen LogP contribution in [0.2, 0.25) is 0 Å². The molecule has 0 bridgehead atoms. The second kappa shape index (κ2) is 7.06. The molecular formula is C15H22N4O2. The molecule has 6 heteroatoms. The number of pyridine rings is 1. The molecular weight excluding hydrogens is 268 g/mol. The van der Waals surface area contributed by atoms with Crippen LogP contribution < -0.4 is 15.5 Å². The molecule has 1 unspecified atom stereocenters. The van der Waals surface area contributed by atoms with Gasteiger partial charge in [-0.15, -0.1) is 0 Å². The summed E-state index contributed by atoms with van der Waals surface area (Å²) in [6, 6.07) is 4.84. The molecule has 1 aliphatic heterocycles. The van der Waals surface area contributed by atoms with E-state index in [0.29, 0.717) is 5.69 Å². The number of carbonyl (C=O) groups excluding carboxylic acids is 2. The lowest BCUT2D eigenvalue weighted by Crippen LogP contribution is -2.39. The van der Waals surface area contributed by atoms with Crippen molar-refractivity contribution < 1.29 is 9.59 Å². The SMILES string of the molecule is CNC(=O)C(NC(C)=O)c1cccc(N2CCCCC2)n1. The van der Waals surface area contributed by atoms with E-state index in [1.165, 1.54) is 13.3 Å². The van der Waals surface area contributed by atoms with Crippen LogP contribution in [0.15, 0.2) is 18.2 Å². The van der Waals surface area contributed by atoms with Crippen molar-refractivity contribution >= 4 is 17.6 Å². The van der Waals surface area contributed by atoms with Crippen LogP contribution in [0.25, 0.3) is 0 Å². The van der Waals surface area contributed by atoms with Gasteiger partial charge in [-0.3, -0.25) is 9.59 Å². The fraction of sp³-hybridized carbons (Fsp3) is 0.533. The monoisotopic (exact) mass is 290 g/mol. The molecule has 2 N–H and O–H groups in total. The molecule has 0 radical (unpaired) electrons. The van der Waals surface area contributed by atoms with Gasteiger partial charge in [-0.2, -0.15) is 0 Å². The van der Waals surface area contributed by atoms with Crippen LogP contribution in [0, 0.1) is 0 Å². The van der Waals surface area contributed by atoms with E-state index < -0.39 is 6.04 Å². The number of amides is 2. The number of anilines is 1. The van der Waals surface area contributed by atoms with Crippen LogP contribution in [0.3, 0.4) is 0 Å². The number of nitrogens with zero attached hydrogens (tertiary/aromatic N) is 2. The fourth-order valence-electron chi connectivity index (χ4n) is 2.52. The van der Waals surface area contributed by atoms with Crippen molar-refractivity contribution in [2.45, 2.75) is 32.2 Å². The molecule has 21 heavy (non-hydrogen) atoms. The molecule has 1 aromatic rings. The highest BCUT2D eigenvalue weighted by molar-refractivity contribution is 5.87. The van der Waals surface area contributed by atoms with Gasteiger partial charge in [-0.1, -0.05) is 6.07 Å². The molecule has 0 spiro atoms. The van der Waals surface area contributed by atoms with E-state index >= 15 is 0 Å². The first-order valence-corrected chi connectivity index (χ1v) is 7.32. The quantitative estimate of drug-likeness (QED) is 0.867. The molecule has 1 aliphatic rings. The molecule has 6 nitrogen and oxygen atoms in total. The Balaban J connectivity index is 2.23. The number of hydrogen-bond acceptors (Lipinski definition) is 4. The molecule has 2 amide bonds. The lowest BCUT2D eigenvalue weighted by molar-refractivity contribution is -0.128. The smallest absolute Gasteiger partial charge is 0.248 e. The number of piperidine rings is 1. The van der Waals surface area contributed by atoms with E-state index in [2.05, 4.69) is 20.5 Å². The van der Waals surface area contributed by atoms with Gasteiger partial charge in [-0.25, -0.2) is 4.98 Å². The molecule has 1 fully saturated rings. The lowest BCUT2D eigenvalue weighted by atomic mass is 10.1. The van der Waals surface area contributed by atoms with E-state index in [9.17, 15) is 9.59 Å². The molecule has 1 saturated heterocycles. The van der Waals surface area contributed by atoms with E-state index in [1.54, 1.807) is 13.1 Å². The minimum atomic E-state index is -0.753. The number of rotatable bonds is 4. The highest BCUT2D eigenvalue weighted by Crippen LogP contribution is 2.20. The fourth-order valence-corrected chi connectivity index (χ4v) is 2.52. The van der Waals surface area contributed by atoms with Gasteiger partial charge in [0, 0.05) is 27.1 Å². The molecule has 0 saturated carbocycles. The van der Waals surface area contributed by atoms with Crippen molar-refractivity contribution in [3.05, 3.63) is 23.9 Å². The Kier molecular flexibility index (Phi) is 5.14. The van der Waals surface area contributed by atoms with E-state index in [0.717, 1.165) is 31.7 Å². The largest absolute Gasteiger partial charge is 0.357 e. The van der Waals surface area contributed by atoms with Crippen LogP contribution in [0.5, 0.6) is 0 Å². The van der Waals surface area contributed by atoms with Crippen molar-refractivity contribution in [1.29, 1.82) is 0 Å². The molecule has 1 atom stereocenters. The number of nitrogens with one attached hydrogen (secondary N) is 2. The molecule has 2 heterocycles. The van der Waals surface area contributed by atoms with Gasteiger partial charge in [-0.05, 0) is 31.4 Å². The van der Waals surface area contributed by atoms with Gasteiger partial charge in [0.15, 0.2) is 6.04 Å². The van der Waals surface area contributed by atoms with Crippen LogP contribution >= 0.6 is 0 Å². The third kappa shape index (κ3) is 3.93. The molecule has 0 aliphatic carbocycles. The van der Waals surface area contributed by atoms with Crippen LogP contribution in [0.1, 0.15) is 37.9 Å². The summed E-state index contributed by atoms with van der Waals surface area (Å²) in [5.74, 6) is 0.341. The summed E-state index contributed by atoms with van der Waals surface area (Å²) in [5.41, 5.74) is 0.563. The van der Waals surface area contributed by atoms with Gasteiger partial charge in [0.2, 0.25) is 11.8 Å². The Morgan fingerprint density at radius 1 is 1.24 bits per heavy atom. The molecule has 2 rings (SSSR count). The van der Waals surface area contributed by atoms with E-state index in [-0.39, 0.29) is 11.8 Å². The highest BCUT2D eigenvalue weighted by Gasteiger charge is 2.23. The summed E-state index contributed by atoms with van der Waals surface area (Å²) in [4.78, 5) is 30.1. The highest BCUT2D eigenvalue weighted by atomic mass is 16.2. The first-order valence-electron chi connectivity index (χ1n) is 7.32. The standard InChI is InChI=1S/C15H22N4O2/c1-11(20)17-14(15(21)16-2)12-7-6-8-13(18-12)19-9-4-3-5-10-19/h6-8,14H,3-5,9-10H2,1-2H3,(H,16,21)(H,17,20). The van der Waals surface area contributed by atoms with Gasteiger partial charge < -0.3 is 15.5 Å². The minimum absolute atomic E-state index is 0.256. The normalized spacial score (nSPS) is 16.2. The van der Waals surface area contributed by atoms with Crippen LogP contribution in [-0.4, -0.2) is 36.9 Å². The second-order valence-corrected chi connectivity index (χ2v) is 5.22. The van der Waals surface area contributed by atoms with Crippen molar-refractivity contribution in [3.63, 3.8) is 0 Å². The Hall–Kier alpha value is -2.11. The summed E-state index contributed by atoms with van der Waals surface area (Å²) in [6.07, 6.45) is 3.58. The Bertz CT molecular complexity index is 512. The minimum Gasteiger partial charge on any atom is -0.357 e. The van der Waals surface area contributed by atoms with Crippen LogP contribution in [-0.2, 0) is 9.59 Å². The average molecular weight is 290 g/mol. The second-order valence-electron chi connectivity index (χ2n) is 5.22. The average Bonchev–Trinajstić information content (AvgIpc) is 2.52. The Morgan fingerprint density at radius 2 is 1.95 bits per heavy atom. The van der Waals surface area contributed by atoms with Crippen LogP contribution in [0.4, 0.5) is 5.82 Å². The number of hydrogen-bond donors (Lipinski definition) is 2. The first-order chi connectivity index (χ1) is 10.1. The zero-order valence-electron chi connectivity index (χ0n) is 12.6. The summed E-state index contributed by atoms with van der Waals surface area (Å²) in [6.45, 7) is 3.37. The van der Waals surface area contributed by atoms with Gasteiger partial charge in [0.05, 0.1) is 5.69 Å². The van der Waals surface area contributed by atoms with Gasteiger partial charge in [0.1, 0.15) is 5.82 Å². The maximum absolute atomic E-state index is 12.0. The van der Waals surface area contributed by atoms with E-state index in [4.69, 9.17) is 0 Å². The van der Waals surface area contributed by atoms with Crippen molar-refractivity contribution in [3.8, 4) is 0 Å². The predicted octanol–water partition coefficient (Wildman–Crippen LogP) is 0.995. The maximum Gasteiger partial charge on any atom is 0.248 e. The molecule has 114 valence electrons. The van der Waals surface area contributed by atoms with Gasteiger partial charge in [0.25, 0.3) is 0 Å². The van der Waals surface area contributed by atoms with Crippen molar-refractivity contribution in [2.75, 3.05) is 25.0 Å². The Labute approximate surface area is 124 Å². The summed E-state index contributed by atoms with van der Waals surface area (Å²) >= 11 is 0. The number of likely N-dealkylation sites (N-methyl/N-ethyl adjacent to an activating group) is 1. The summed E-state index contributed by atoms with van der Waals surface area (Å²) in [7, 11) is 1.55. The summed E-state index contributed by atoms with van der Waals surface area (Å²) < 4.78 is 0. The number of aromatic nitrogens is 1. The molecule has 1 aromatic heterocycles. The number of carbonyl (C=O) groups is 2. The topological polar surface area (TPSA) is 74.3 Å². The third-order valence-electron chi connectivity index (χ3n) is 3.59. The zero-order valence-corrected chi connectivity index (χ0v) is 12.6. The van der Waals surface area contributed by atoms with Crippen molar-refractivity contribution in [2.24, 2.45) is 0 Å². The summed E-state index contributed by atoms with van der Waals surface area (Å²) in [5, 5.41) is 5.21. The maximum atomic E-state index is 12.0. The predicted molar refractivity (Wildman–Crippen MR) is 80.9 cm³/mol. The molecule has 0 aromatic carbocycles. The third-order valence-corrected chi connectivity index (χ3v) is 3.59. The lowest BCUT2D eigenvalue weighted by Gasteiger charge is -2.28. The van der Waals surface area contributed by atoms with Gasteiger partial charge >= 0.3 is 0 Å².